The lowest BCUT2D eigenvalue weighted by molar-refractivity contribution is -0.148. The van der Waals surface area contributed by atoms with E-state index in [9.17, 15) is 4.79 Å². The van der Waals surface area contributed by atoms with Crippen molar-refractivity contribution < 1.29 is 14.4 Å². The molecule has 4 nitrogen and oxygen atoms in total. The Morgan fingerprint density at radius 3 is 2.69 bits per heavy atom. The number of rotatable bonds is 8. The van der Waals surface area contributed by atoms with Gasteiger partial charge < -0.3 is 9.57 Å². The molecule has 0 amide bonds. The number of esters is 1. The Bertz CT molecular complexity index is 128. The molecule has 13 heavy (non-hydrogen) atoms. The van der Waals surface area contributed by atoms with Gasteiger partial charge in [-0.2, -0.15) is 5.48 Å². The highest BCUT2D eigenvalue weighted by atomic mass is 16.7. The second-order valence-corrected chi connectivity index (χ2v) is 2.82. The van der Waals surface area contributed by atoms with E-state index < -0.39 is 0 Å². The Labute approximate surface area is 79.6 Å². The average molecular weight is 189 g/mol. The van der Waals surface area contributed by atoms with Gasteiger partial charge in [0.1, 0.15) is 0 Å². The molecule has 0 spiro atoms. The number of hydrogen-bond donors (Lipinski definition) is 1. The van der Waals surface area contributed by atoms with E-state index in [1.54, 1.807) is 0 Å². The smallest absolute Gasteiger partial charge is 0.307 e. The summed E-state index contributed by atoms with van der Waals surface area (Å²) in [5.74, 6) is -0.166. The molecule has 0 saturated carbocycles. The Morgan fingerprint density at radius 2 is 2.08 bits per heavy atom. The number of ether oxygens (including phenoxy) is 1. The molecule has 0 heterocycles. The first-order valence-electron chi connectivity index (χ1n) is 4.72. The maximum Gasteiger partial charge on any atom is 0.307 e. The van der Waals surface area contributed by atoms with Crippen LogP contribution in [0, 0.1) is 0 Å². The van der Waals surface area contributed by atoms with Crippen LogP contribution in [0.15, 0.2) is 0 Å². The molecule has 4 heteroatoms. The van der Waals surface area contributed by atoms with Gasteiger partial charge in [0.15, 0.2) is 6.73 Å². The van der Waals surface area contributed by atoms with Gasteiger partial charge in [-0.3, -0.25) is 4.79 Å². The van der Waals surface area contributed by atoms with E-state index in [1.807, 2.05) is 0 Å². The zero-order valence-corrected chi connectivity index (χ0v) is 8.47. The third kappa shape index (κ3) is 9.30. The fourth-order valence-corrected chi connectivity index (χ4v) is 0.937. The van der Waals surface area contributed by atoms with Crippen molar-refractivity contribution in [1.29, 1.82) is 0 Å². The molecule has 0 aromatic heterocycles. The third-order valence-corrected chi connectivity index (χ3v) is 1.67. The summed E-state index contributed by atoms with van der Waals surface area (Å²) >= 11 is 0. The maximum atomic E-state index is 11.0. The molecule has 1 N–H and O–H groups in total. The second-order valence-electron chi connectivity index (χ2n) is 2.82. The number of nitrogens with one attached hydrogen (secondary N) is 1. The summed E-state index contributed by atoms with van der Waals surface area (Å²) in [6, 6.07) is 0. The van der Waals surface area contributed by atoms with E-state index in [2.05, 4.69) is 17.2 Å². The van der Waals surface area contributed by atoms with Crippen molar-refractivity contribution in [2.24, 2.45) is 0 Å². The zero-order chi connectivity index (χ0) is 9.94. The van der Waals surface area contributed by atoms with Gasteiger partial charge in [-0.25, -0.2) is 0 Å². The largest absolute Gasteiger partial charge is 0.448 e. The van der Waals surface area contributed by atoms with Gasteiger partial charge in [0, 0.05) is 6.42 Å². The lowest BCUT2D eigenvalue weighted by Gasteiger charge is -2.04. The Morgan fingerprint density at radius 1 is 1.31 bits per heavy atom. The van der Waals surface area contributed by atoms with Crippen LogP contribution in [0.4, 0.5) is 0 Å². The number of hydroxylamine groups is 1. The van der Waals surface area contributed by atoms with Crippen LogP contribution in [0.1, 0.15) is 39.0 Å². The SMILES string of the molecule is CCCCCCC(=O)OCNOC. The standard InChI is InChI=1S/C9H19NO3/c1-3-4-5-6-7-9(11)13-8-10-12-2/h10H,3-8H2,1-2H3. The normalized spacial score (nSPS) is 10.0. The van der Waals surface area contributed by atoms with Crippen LogP contribution in [0.2, 0.25) is 0 Å². The molecule has 0 rings (SSSR count). The summed E-state index contributed by atoms with van der Waals surface area (Å²) in [6.45, 7) is 2.27. The van der Waals surface area contributed by atoms with Crippen LogP contribution in [-0.4, -0.2) is 19.8 Å². The molecule has 0 unspecified atom stereocenters. The molecular formula is C9H19NO3. The van der Waals surface area contributed by atoms with Gasteiger partial charge in [-0.15, -0.1) is 0 Å². The molecule has 0 aromatic carbocycles. The van der Waals surface area contributed by atoms with Crippen molar-refractivity contribution in [3.8, 4) is 0 Å². The Kier molecular flexibility index (Phi) is 9.03. The minimum Gasteiger partial charge on any atom is -0.448 e. The van der Waals surface area contributed by atoms with Crippen LogP contribution in [-0.2, 0) is 14.4 Å². The minimum atomic E-state index is -0.166. The zero-order valence-electron chi connectivity index (χ0n) is 8.47. The first-order valence-corrected chi connectivity index (χ1v) is 4.72. The molecule has 0 radical (unpaired) electrons. The summed E-state index contributed by atoms with van der Waals surface area (Å²) in [5, 5.41) is 0. The van der Waals surface area contributed by atoms with Crippen molar-refractivity contribution in [2.75, 3.05) is 13.8 Å². The summed E-state index contributed by atoms with van der Waals surface area (Å²) in [7, 11) is 1.48. The average Bonchev–Trinajstić information content (AvgIpc) is 2.13. The highest BCUT2D eigenvalue weighted by molar-refractivity contribution is 5.69. The molecular weight excluding hydrogens is 170 g/mol. The molecule has 0 atom stereocenters. The highest BCUT2D eigenvalue weighted by Crippen LogP contribution is 2.02. The van der Waals surface area contributed by atoms with Crippen molar-refractivity contribution in [1.82, 2.24) is 5.48 Å². The predicted octanol–water partition coefficient (Wildman–Crippen LogP) is 1.61. The molecule has 78 valence electrons. The van der Waals surface area contributed by atoms with Crippen molar-refractivity contribution in [2.45, 2.75) is 39.0 Å². The molecule has 0 aliphatic heterocycles. The van der Waals surface area contributed by atoms with Gasteiger partial charge >= 0.3 is 5.97 Å². The predicted molar refractivity (Wildman–Crippen MR) is 49.9 cm³/mol. The number of carbonyl (C=O) groups is 1. The van der Waals surface area contributed by atoms with E-state index in [-0.39, 0.29) is 12.7 Å². The van der Waals surface area contributed by atoms with E-state index in [4.69, 9.17) is 4.74 Å². The topological polar surface area (TPSA) is 47.6 Å². The summed E-state index contributed by atoms with van der Waals surface area (Å²) < 4.78 is 4.79. The number of carbonyl (C=O) groups excluding carboxylic acids is 1. The lowest BCUT2D eigenvalue weighted by atomic mass is 10.2. The summed E-state index contributed by atoms with van der Waals surface area (Å²) in [5.41, 5.74) is 2.44. The van der Waals surface area contributed by atoms with Crippen molar-refractivity contribution in [3.63, 3.8) is 0 Å². The minimum absolute atomic E-state index is 0.128. The van der Waals surface area contributed by atoms with Crippen LogP contribution < -0.4 is 5.48 Å². The van der Waals surface area contributed by atoms with Crippen LogP contribution >= 0.6 is 0 Å². The lowest BCUT2D eigenvalue weighted by Crippen LogP contribution is -2.19. The van der Waals surface area contributed by atoms with E-state index in [1.165, 1.54) is 20.0 Å². The first kappa shape index (κ1) is 12.4. The van der Waals surface area contributed by atoms with E-state index in [0.717, 1.165) is 12.8 Å². The highest BCUT2D eigenvalue weighted by Gasteiger charge is 2.00. The Balaban J connectivity index is 3.11. The fraction of sp³-hybridized carbons (Fsp3) is 0.889. The molecule has 0 aromatic rings. The molecule has 0 aliphatic carbocycles. The Hall–Kier alpha value is -0.610. The van der Waals surface area contributed by atoms with Gasteiger partial charge in [-0.05, 0) is 6.42 Å². The number of hydrogen-bond acceptors (Lipinski definition) is 4. The van der Waals surface area contributed by atoms with Crippen molar-refractivity contribution in [3.05, 3.63) is 0 Å². The monoisotopic (exact) mass is 189 g/mol. The van der Waals surface area contributed by atoms with Crippen molar-refractivity contribution >= 4 is 5.97 Å². The van der Waals surface area contributed by atoms with Gasteiger partial charge in [0.25, 0.3) is 0 Å². The molecule has 0 fully saturated rings. The van der Waals surface area contributed by atoms with E-state index >= 15 is 0 Å². The van der Waals surface area contributed by atoms with Crippen LogP contribution in [0.25, 0.3) is 0 Å². The first-order chi connectivity index (χ1) is 6.31. The molecule has 0 bridgehead atoms. The second kappa shape index (κ2) is 9.48. The quantitative estimate of drug-likeness (QED) is 0.273. The van der Waals surface area contributed by atoms with Gasteiger partial charge in [-0.1, -0.05) is 26.2 Å². The van der Waals surface area contributed by atoms with Gasteiger partial charge in [0.2, 0.25) is 0 Å². The van der Waals surface area contributed by atoms with Gasteiger partial charge in [0.05, 0.1) is 7.11 Å². The summed E-state index contributed by atoms with van der Waals surface area (Å²) in [6.07, 6.45) is 4.89. The fourth-order valence-electron chi connectivity index (χ4n) is 0.937. The summed E-state index contributed by atoms with van der Waals surface area (Å²) in [4.78, 5) is 15.5. The molecule has 0 aliphatic rings. The molecule has 0 saturated heterocycles. The third-order valence-electron chi connectivity index (χ3n) is 1.67. The van der Waals surface area contributed by atoms with Crippen LogP contribution in [0.3, 0.4) is 0 Å². The number of unbranched alkanes of at least 4 members (excludes halogenated alkanes) is 3. The maximum absolute atomic E-state index is 11.0. The van der Waals surface area contributed by atoms with E-state index in [0.29, 0.717) is 6.42 Å². The van der Waals surface area contributed by atoms with Crippen LogP contribution in [0.5, 0.6) is 0 Å².